The van der Waals surface area contributed by atoms with Crippen LogP contribution in [-0.4, -0.2) is 40.8 Å². The molecular formula is C29H25ClN2O5. The van der Waals surface area contributed by atoms with E-state index in [4.69, 9.17) is 21.1 Å². The van der Waals surface area contributed by atoms with Gasteiger partial charge in [-0.15, -0.1) is 0 Å². The normalized spacial score (nSPS) is 30.1. The molecule has 3 aliphatic heterocycles. The average molecular weight is 517 g/mol. The second-order valence-electron chi connectivity index (χ2n) is 10.3. The molecule has 2 amide bonds. The van der Waals surface area contributed by atoms with Crippen LogP contribution in [0.25, 0.3) is 10.8 Å². The van der Waals surface area contributed by atoms with Gasteiger partial charge in [-0.25, -0.2) is 4.90 Å². The lowest BCUT2D eigenvalue weighted by Crippen LogP contribution is -2.49. The third-order valence-corrected chi connectivity index (χ3v) is 8.72. The van der Waals surface area contributed by atoms with E-state index >= 15 is 0 Å². The molecule has 3 heterocycles. The van der Waals surface area contributed by atoms with Gasteiger partial charge in [-0.1, -0.05) is 41.9 Å². The molecule has 3 aliphatic rings. The molecule has 7 nitrogen and oxygen atoms in total. The maximum Gasteiger partial charge on any atom is 0.240 e. The van der Waals surface area contributed by atoms with Crippen LogP contribution in [0.1, 0.15) is 30.9 Å². The molecule has 5 unspecified atom stereocenters. The first-order chi connectivity index (χ1) is 17.7. The van der Waals surface area contributed by atoms with E-state index in [9.17, 15) is 20.0 Å². The van der Waals surface area contributed by atoms with E-state index in [0.29, 0.717) is 22.6 Å². The van der Waals surface area contributed by atoms with Gasteiger partial charge in [-0.2, -0.15) is 5.26 Å². The summed E-state index contributed by atoms with van der Waals surface area (Å²) in [6.45, 7) is 3.82. The lowest BCUT2D eigenvalue weighted by Gasteiger charge is -2.33. The van der Waals surface area contributed by atoms with Crippen molar-refractivity contribution in [3.63, 3.8) is 0 Å². The van der Waals surface area contributed by atoms with Gasteiger partial charge in [0.15, 0.2) is 0 Å². The van der Waals surface area contributed by atoms with E-state index in [1.54, 1.807) is 37.3 Å². The maximum absolute atomic E-state index is 13.9. The quantitative estimate of drug-likeness (QED) is 0.500. The zero-order valence-electron chi connectivity index (χ0n) is 20.4. The van der Waals surface area contributed by atoms with Crippen LogP contribution in [0.5, 0.6) is 5.75 Å². The molecule has 37 heavy (non-hydrogen) atoms. The Labute approximate surface area is 219 Å². The summed E-state index contributed by atoms with van der Waals surface area (Å²) in [5.74, 6) is -1.83. The van der Waals surface area contributed by atoms with Gasteiger partial charge in [0.1, 0.15) is 17.4 Å². The number of anilines is 1. The van der Waals surface area contributed by atoms with Gasteiger partial charge in [-0.05, 0) is 49.1 Å². The van der Waals surface area contributed by atoms with Gasteiger partial charge in [-0.3, -0.25) is 9.59 Å². The van der Waals surface area contributed by atoms with Crippen LogP contribution in [0.4, 0.5) is 5.69 Å². The Morgan fingerprint density at radius 2 is 1.92 bits per heavy atom. The molecule has 0 radical (unpaired) electrons. The van der Waals surface area contributed by atoms with E-state index in [-0.39, 0.29) is 24.3 Å². The molecule has 3 fully saturated rings. The monoisotopic (exact) mass is 516 g/mol. The van der Waals surface area contributed by atoms with Crippen LogP contribution in [0.15, 0.2) is 54.6 Å². The lowest BCUT2D eigenvalue weighted by molar-refractivity contribution is -0.134. The zero-order valence-corrected chi connectivity index (χ0v) is 21.2. The molecule has 8 heteroatoms. The molecule has 5 atom stereocenters. The van der Waals surface area contributed by atoms with Gasteiger partial charge in [0.25, 0.3) is 0 Å². The first kappa shape index (κ1) is 23.9. The van der Waals surface area contributed by atoms with E-state index in [1.165, 1.54) is 0 Å². The molecule has 188 valence electrons. The van der Waals surface area contributed by atoms with Crippen molar-refractivity contribution in [1.82, 2.24) is 0 Å². The number of halogens is 1. The molecule has 3 aromatic carbocycles. The van der Waals surface area contributed by atoms with E-state index < -0.39 is 41.0 Å². The highest BCUT2D eigenvalue weighted by Crippen LogP contribution is 2.62. The summed E-state index contributed by atoms with van der Waals surface area (Å²) in [4.78, 5) is 28.9. The number of imide groups is 1. The molecule has 1 N–H and O–H groups in total. The number of hydrogen-bond donors (Lipinski definition) is 1. The minimum absolute atomic E-state index is 0.226. The number of rotatable bonds is 5. The standard InChI is InChI=1S/C29H25ClN2O5/c1-16-13-18(8-9-21(16)30)36-12-11-29-14-23(33)28(2,37-29)24-25(29)27(35)32(26(24)34)22-10-7-17-5-3-4-6-19(17)20(22)15-31/h3-10,13,23-25,33H,11-12,14H2,1-2H3. The van der Waals surface area contributed by atoms with Crippen molar-refractivity contribution >= 4 is 39.9 Å². The number of carbonyl (C=O) groups is 2. The predicted molar refractivity (Wildman–Crippen MR) is 137 cm³/mol. The summed E-state index contributed by atoms with van der Waals surface area (Å²) >= 11 is 6.11. The van der Waals surface area contributed by atoms with Crippen LogP contribution >= 0.6 is 11.6 Å². The number of fused-ring (bicyclic) bond motifs is 6. The fourth-order valence-electron chi connectivity index (χ4n) is 6.47. The van der Waals surface area contributed by atoms with Crippen molar-refractivity contribution < 1.29 is 24.2 Å². The van der Waals surface area contributed by atoms with Crippen molar-refractivity contribution in [2.45, 2.75) is 44.0 Å². The second kappa shape index (κ2) is 8.29. The number of benzene rings is 3. The van der Waals surface area contributed by atoms with Gasteiger partial charge in [0.2, 0.25) is 11.8 Å². The van der Waals surface area contributed by atoms with E-state index in [0.717, 1.165) is 15.8 Å². The summed E-state index contributed by atoms with van der Waals surface area (Å²) in [6, 6.07) is 18.4. The molecule has 3 aromatic rings. The summed E-state index contributed by atoms with van der Waals surface area (Å²) in [5.41, 5.74) is -0.826. The number of nitrogens with zero attached hydrogens (tertiary/aromatic N) is 2. The summed E-state index contributed by atoms with van der Waals surface area (Å²) in [7, 11) is 0. The summed E-state index contributed by atoms with van der Waals surface area (Å²) in [5, 5.41) is 23.1. The third kappa shape index (κ3) is 3.33. The molecule has 6 rings (SSSR count). The minimum Gasteiger partial charge on any atom is -0.493 e. The Hall–Kier alpha value is -3.44. The van der Waals surface area contributed by atoms with Crippen LogP contribution in [0.3, 0.4) is 0 Å². The highest BCUT2D eigenvalue weighted by Gasteiger charge is 2.77. The number of aryl methyl sites for hydroxylation is 1. The first-order valence-corrected chi connectivity index (χ1v) is 12.6. The number of hydrogen-bond acceptors (Lipinski definition) is 6. The molecular weight excluding hydrogens is 492 g/mol. The number of ether oxygens (including phenoxy) is 2. The largest absolute Gasteiger partial charge is 0.493 e. The Kier molecular flexibility index (Phi) is 5.36. The van der Waals surface area contributed by atoms with Crippen molar-refractivity contribution in [3.8, 4) is 11.8 Å². The van der Waals surface area contributed by atoms with E-state index in [2.05, 4.69) is 6.07 Å². The number of aliphatic hydroxyl groups excluding tert-OH is 1. The number of nitriles is 1. The van der Waals surface area contributed by atoms with Crippen LogP contribution < -0.4 is 9.64 Å². The molecule has 0 aromatic heterocycles. The predicted octanol–water partition coefficient (Wildman–Crippen LogP) is 4.54. The van der Waals surface area contributed by atoms with Crippen molar-refractivity contribution in [2.75, 3.05) is 11.5 Å². The van der Waals surface area contributed by atoms with Gasteiger partial charge in [0.05, 0.1) is 41.4 Å². The Balaban J connectivity index is 1.34. The van der Waals surface area contributed by atoms with Crippen molar-refractivity contribution in [3.05, 3.63) is 70.7 Å². The molecule has 0 aliphatic carbocycles. The van der Waals surface area contributed by atoms with Gasteiger partial charge < -0.3 is 14.6 Å². The van der Waals surface area contributed by atoms with Crippen molar-refractivity contribution in [1.29, 1.82) is 5.26 Å². The van der Waals surface area contributed by atoms with Crippen LogP contribution in [0.2, 0.25) is 5.02 Å². The SMILES string of the molecule is Cc1cc(OCCC23CC(O)C(C)(O2)C2C(=O)N(c4ccc5ccccc5c4C#N)C(=O)C23)ccc1Cl. The lowest BCUT2D eigenvalue weighted by atomic mass is 9.66. The minimum atomic E-state index is -1.20. The summed E-state index contributed by atoms with van der Waals surface area (Å²) in [6.07, 6.45) is -0.364. The Morgan fingerprint density at radius 3 is 2.68 bits per heavy atom. The second-order valence-corrected chi connectivity index (χ2v) is 10.7. The van der Waals surface area contributed by atoms with E-state index in [1.807, 2.05) is 31.2 Å². The molecule has 2 bridgehead atoms. The van der Waals surface area contributed by atoms with Gasteiger partial charge in [0, 0.05) is 23.3 Å². The van der Waals surface area contributed by atoms with Crippen LogP contribution in [-0.2, 0) is 14.3 Å². The average Bonchev–Trinajstić information content (AvgIpc) is 3.41. The fourth-order valence-corrected chi connectivity index (χ4v) is 6.59. The highest BCUT2D eigenvalue weighted by atomic mass is 35.5. The fraction of sp³-hybridized carbons (Fsp3) is 0.345. The van der Waals surface area contributed by atoms with Crippen molar-refractivity contribution in [2.24, 2.45) is 11.8 Å². The first-order valence-electron chi connectivity index (χ1n) is 12.3. The molecule has 0 saturated carbocycles. The highest BCUT2D eigenvalue weighted by molar-refractivity contribution is 6.31. The Bertz CT molecular complexity index is 1520. The molecule has 0 spiro atoms. The Morgan fingerprint density at radius 1 is 1.16 bits per heavy atom. The maximum atomic E-state index is 13.9. The third-order valence-electron chi connectivity index (χ3n) is 8.30. The zero-order chi connectivity index (χ0) is 26.1. The topological polar surface area (TPSA) is 99.9 Å². The number of aliphatic hydroxyl groups is 1. The smallest absolute Gasteiger partial charge is 0.240 e. The molecule has 3 saturated heterocycles. The van der Waals surface area contributed by atoms with Gasteiger partial charge >= 0.3 is 0 Å². The summed E-state index contributed by atoms with van der Waals surface area (Å²) < 4.78 is 12.3. The number of amides is 2. The van der Waals surface area contributed by atoms with Crippen LogP contribution in [0, 0.1) is 30.1 Å². The number of carbonyl (C=O) groups excluding carboxylic acids is 2.